The Morgan fingerprint density at radius 1 is 0.909 bits per heavy atom. The predicted octanol–water partition coefficient (Wildman–Crippen LogP) is 6.09. The number of esters is 1. The standard InChI is InChI=1S/C28H24N2O3/c1-3-33-28(31)24-17-23-22-11-7-8-12-25(22)30(18-19-9-5-4-6-10-19)27(23)26(29-24)20-13-15-21(32-2)16-14-20/h4-17H,3,18H2,1-2H3. The van der Waals surface area contributed by atoms with Crippen LogP contribution in [-0.2, 0) is 11.3 Å². The summed E-state index contributed by atoms with van der Waals surface area (Å²) >= 11 is 0. The number of fused-ring (bicyclic) bond motifs is 3. The molecule has 2 heterocycles. The Morgan fingerprint density at radius 2 is 1.64 bits per heavy atom. The predicted molar refractivity (Wildman–Crippen MR) is 131 cm³/mol. The Hall–Kier alpha value is -4.12. The fourth-order valence-electron chi connectivity index (χ4n) is 4.26. The molecule has 3 aromatic carbocycles. The van der Waals surface area contributed by atoms with Gasteiger partial charge in [0.2, 0.25) is 0 Å². The van der Waals surface area contributed by atoms with Gasteiger partial charge in [0.05, 0.1) is 24.9 Å². The highest BCUT2D eigenvalue weighted by atomic mass is 16.5. The lowest BCUT2D eigenvalue weighted by atomic mass is 10.1. The molecule has 0 radical (unpaired) electrons. The molecule has 0 aliphatic heterocycles. The van der Waals surface area contributed by atoms with E-state index in [1.807, 2.05) is 60.7 Å². The van der Waals surface area contributed by atoms with Gasteiger partial charge in [0, 0.05) is 28.4 Å². The molecule has 0 fully saturated rings. The maximum absolute atomic E-state index is 12.7. The van der Waals surface area contributed by atoms with E-state index in [0.717, 1.165) is 38.8 Å². The number of nitrogens with zero attached hydrogens (tertiary/aromatic N) is 2. The van der Waals surface area contributed by atoms with Crippen LogP contribution in [0.1, 0.15) is 23.0 Å². The highest BCUT2D eigenvalue weighted by molar-refractivity contribution is 6.13. The highest BCUT2D eigenvalue weighted by Gasteiger charge is 2.21. The maximum atomic E-state index is 12.7. The Kier molecular flexibility index (Phi) is 5.53. The fourth-order valence-corrected chi connectivity index (χ4v) is 4.26. The van der Waals surface area contributed by atoms with Crippen LogP contribution in [0.25, 0.3) is 33.1 Å². The summed E-state index contributed by atoms with van der Waals surface area (Å²) in [4.78, 5) is 17.5. The van der Waals surface area contributed by atoms with Crippen molar-refractivity contribution in [3.63, 3.8) is 0 Å². The van der Waals surface area contributed by atoms with Crippen LogP contribution in [0.15, 0.2) is 84.9 Å². The molecular weight excluding hydrogens is 412 g/mol. The second-order valence-corrected chi connectivity index (χ2v) is 7.79. The number of aromatic nitrogens is 2. The quantitative estimate of drug-likeness (QED) is 0.302. The third-order valence-corrected chi connectivity index (χ3v) is 5.78. The number of hydrogen-bond donors (Lipinski definition) is 0. The molecule has 0 aliphatic rings. The van der Waals surface area contributed by atoms with Crippen molar-refractivity contribution in [1.29, 1.82) is 0 Å². The molecule has 2 aromatic heterocycles. The number of benzene rings is 3. The lowest BCUT2D eigenvalue weighted by Gasteiger charge is -2.13. The van der Waals surface area contributed by atoms with Gasteiger partial charge in [0.25, 0.3) is 0 Å². The van der Waals surface area contributed by atoms with Crippen molar-refractivity contribution in [2.75, 3.05) is 13.7 Å². The third-order valence-electron chi connectivity index (χ3n) is 5.78. The number of methoxy groups -OCH3 is 1. The van der Waals surface area contributed by atoms with E-state index >= 15 is 0 Å². The molecule has 5 heteroatoms. The summed E-state index contributed by atoms with van der Waals surface area (Å²) in [7, 11) is 1.64. The van der Waals surface area contributed by atoms with Gasteiger partial charge in [0.1, 0.15) is 11.4 Å². The van der Waals surface area contributed by atoms with E-state index in [2.05, 4.69) is 28.8 Å². The van der Waals surface area contributed by atoms with Crippen molar-refractivity contribution in [2.24, 2.45) is 0 Å². The maximum Gasteiger partial charge on any atom is 0.356 e. The van der Waals surface area contributed by atoms with Gasteiger partial charge in [-0.25, -0.2) is 9.78 Å². The monoisotopic (exact) mass is 436 g/mol. The summed E-state index contributed by atoms with van der Waals surface area (Å²) in [5.74, 6) is 0.343. The van der Waals surface area contributed by atoms with Crippen LogP contribution in [0.3, 0.4) is 0 Å². The second kappa shape index (κ2) is 8.79. The summed E-state index contributed by atoms with van der Waals surface area (Å²) in [5, 5.41) is 2.05. The van der Waals surface area contributed by atoms with Crippen LogP contribution >= 0.6 is 0 Å². The minimum absolute atomic E-state index is 0.298. The number of para-hydroxylation sites is 1. The molecule has 0 aliphatic carbocycles. The van der Waals surface area contributed by atoms with Gasteiger partial charge in [-0.3, -0.25) is 0 Å². The van der Waals surface area contributed by atoms with E-state index < -0.39 is 5.97 Å². The zero-order valence-electron chi connectivity index (χ0n) is 18.6. The van der Waals surface area contributed by atoms with Crippen LogP contribution < -0.4 is 4.74 Å². The molecule has 5 nitrogen and oxygen atoms in total. The van der Waals surface area contributed by atoms with E-state index in [-0.39, 0.29) is 0 Å². The summed E-state index contributed by atoms with van der Waals surface area (Å²) in [6.45, 7) is 2.78. The lowest BCUT2D eigenvalue weighted by Crippen LogP contribution is -2.09. The van der Waals surface area contributed by atoms with Crippen molar-refractivity contribution >= 4 is 27.8 Å². The number of hydrogen-bond acceptors (Lipinski definition) is 4. The van der Waals surface area contributed by atoms with Crippen molar-refractivity contribution in [3.8, 4) is 17.0 Å². The Labute approximate surface area is 192 Å². The van der Waals surface area contributed by atoms with Crippen LogP contribution in [0.5, 0.6) is 5.75 Å². The number of rotatable bonds is 6. The Balaban J connectivity index is 1.83. The zero-order valence-corrected chi connectivity index (χ0v) is 18.6. The van der Waals surface area contributed by atoms with Crippen molar-refractivity contribution < 1.29 is 14.3 Å². The third kappa shape index (κ3) is 3.82. The Morgan fingerprint density at radius 3 is 2.36 bits per heavy atom. The number of pyridine rings is 1. The smallest absolute Gasteiger partial charge is 0.356 e. The largest absolute Gasteiger partial charge is 0.497 e. The normalized spacial score (nSPS) is 11.1. The lowest BCUT2D eigenvalue weighted by molar-refractivity contribution is 0.0520. The van der Waals surface area contributed by atoms with Crippen molar-refractivity contribution in [2.45, 2.75) is 13.5 Å². The minimum Gasteiger partial charge on any atom is -0.497 e. The fraction of sp³-hybridized carbons (Fsp3) is 0.143. The highest BCUT2D eigenvalue weighted by Crippen LogP contribution is 2.36. The SMILES string of the molecule is CCOC(=O)c1cc2c3ccccc3n(Cc3ccccc3)c2c(-c2ccc(OC)cc2)n1. The van der Waals surface area contributed by atoms with Crippen LogP contribution in [-0.4, -0.2) is 29.2 Å². The molecule has 33 heavy (non-hydrogen) atoms. The molecule has 5 aromatic rings. The average molecular weight is 437 g/mol. The molecule has 5 rings (SSSR count). The molecule has 164 valence electrons. The molecular formula is C28H24N2O3. The first-order valence-electron chi connectivity index (χ1n) is 11.0. The van der Waals surface area contributed by atoms with Gasteiger partial charge >= 0.3 is 5.97 Å². The van der Waals surface area contributed by atoms with Crippen molar-refractivity contribution in [3.05, 3.63) is 96.2 Å². The van der Waals surface area contributed by atoms with Crippen LogP contribution in [0.2, 0.25) is 0 Å². The molecule has 0 saturated heterocycles. The second-order valence-electron chi connectivity index (χ2n) is 7.79. The van der Waals surface area contributed by atoms with Crippen molar-refractivity contribution in [1.82, 2.24) is 9.55 Å². The first-order valence-corrected chi connectivity index (χ1v) is 11.0. The molecule has 0 N–H and O–H groups in total. The van der Waals surface area contributed by atoms with E-state index in [4.69, 9.17) is 14.5 Å². The molecule has 0 saturated carbocycles. The van der Waals surface area contributed by atoms with Gasteiger partial charge < -0.3 is 14.0 Å². The molecule has 0 amide bonds. The molecule has 0 atom stereocenters. The van der Waals surface area contributed by atoms with E-state index in [1.54, 1.807) is 14.0 Å². The average Bonchev–Trinajstić information content (AvgIpc) is 3.18. The molecule has 0 spiro atoms. The van der Waals surface area contributed by atoms with Gasteiger partial charge in [-0.05, 0) is 48.9 Å². The first kappa shape index (κ1) is 20.8. The van der Waals surface area contributed by atoms with Gasteiger partial charge in [-0.15, -0.1) is 0 Å². The number of carbonyl (C=O) groups excluding carboxylic acids is 1. The zero-order chi connectivity index (χ0) is 22.8. The minimum atomic E-state index is -0.422. The summed E-state index contributed by atoms with van der Waals surface area (Å²) < 4.78 is 12.9. The van der Waals surface area contributed by atoms with E-state index in [0.29, 0.717) is 18.8 Å². The van der Waals surface area contributed by atoms with Gasteiger partial charge in [0.15, 0.2) is 0 Å². The summed E-state index contributed by atoms with van der Waals surface area (Å²) in [5.41, 5.74) is 5.22. The van der Waals surface area contributed by atoms with Crippen LogP contribution in [0, 0.1) is 0 Å². The van der Waals surface area contributed by atoms with Crippen LogP contribution in [0.4, 0.5) is 0 Å². The number of ether oxygens (including phenoxy) is 2. The van der Waals surface area contributed by atoms with E-state index in [1.165, 1.54) is 5.56 Å². The topological polar surface area (TPSA) is 53.4 Å². The summed E-state index contributed by atoms with van der Waals surface area (Å²) in [6, 6.07) is 28.2. The number of carbonyl (C=O) groups is 1. The van der Waals surface area contributed by atoms with Gasteiger partial charge in [-0.2, -0.15) is 0 Å². The molecule has 0 bridgehead atoms. The molecule has 0 unspecified atom stereocenters. The van der Waals surface area contributed by atoms with E-state index in [9.17, 15) is 4.79 Å². The summed E-state index contributed by atoms with van der Waals surface area (Å²) in [6.07, 6.45) is 0. The Bertz CT molecular complexity index is 1440. The van der Waals surface area contributed by atoms with Gasteiger partial charge in [-0.1, -0.05) is 48.5 Å². The first-order chi connectivity index (χ1) is 16.2.